The largest absolute Gasteiger partial charge is 0.372 e. The van der Waals surface area contributed by atoms with Crippen LogP contribution in [0.15, 0.2) is 66.9 Å². The Hall–Kier alpha value is -3.24. The Kier molecular flexibility index (Phi) is 11.1. The Morgan fingerprint density at radius 1 is 0.750 bits per heavy atom. The number of pyridine rings is 1. The Morgan fingerprint density at radius 3 is 2.23 bits per heavy atom. The summed E-state index contributed by atoms with van der Waals surface area (Å²) in [7, 11) is 0. The van der Waals surface area contributed by atoms with Gasteiger partial charge in [0.25, 0.3) is 0 Å². The molecule has 4 heteroatoms. The van der Waals surface area contributed by atoms with E-state index in [1.165, 1.54) is 42.1 Å². The molecule has 0 aliphatic heterocycles. The van der Waals surface area contributed by atoms with Crippen LogP contribution < -0.4 is 9.47 Å². The highest BCUT2D eigenvalue weighted by atomic mass is 19.1. The number of aromatic nitrogens is 1. The second-order valence-corrected chi connectivity index (χ2v) is 10.8. The van der Waals surface area contributed by atoms with Gasteiger partial charge in [0.2, 0.25) is 11.7 Å². The summed E-state index contributed by atoms with van der Waals surface area (Å²) in [5, 5.41) is 3.37. The standard InChI is InChI=1S/C36H47FN3/c1-5-9-24-39(25-10-6-2)31-20-22-32-29(15-13-16-30(32)27-31)19-21-33-34-17-11-12-18-36(34)40(28-35(33)37)26-14-23-38(7-3)8-4/h11-13,15-22,27-28H,5-10,14,23-26H2,1-4H3/q+1/b21-19+. The number of fused-ring (bicyclic) bond motifs is 2. The minimum Gasteiger partial charge on any atom is -0.372 e. The van der Waals surface area contributed by atoms with E-state index in [-0.39, 0.29) is 5.82 Å². The van der Waals surface area contributed by atoms with Crippen molar-refractivity contribution < 1.29 is 8.96 Å². The average Bonchev–Trinajstić information content (AvgIpc) is 2.99. The van der Waals surface area contributed by atoms with E-state index < -0.39 is 0 Å². The molecule has 1 aromatic heterocycles. The Balaban J connectivity index is 1.62. The van der Waals surface area contributed by atoms with Crippen LogP contribution in [0.5, 0.6) is 0 Å². The molecule has 40 heavy (non-hydrogen) atoms. The van der Waals surface area contributed by atoms with Crippen molar-refractivity contribution in [3.63, 3.8) is 0 Å². The number of rotatable bonds is 15. The summed E-state index contributed by atoms with van der Waals surface area (Å²) < 4.78 is 17.6. The van der Waals surface area contributed by atoms with Crippen LogP contribution in [0.4, 0.5) is 10.1 Å². The molecule has 4 aromatic rings. The highest BCUT2D eigenvalue weighted by Crippen LogP contribution is 2.28. The van der Waals surface area contributed by atoms with Crippen LogP contribution in [-0.2, 0) is 6.54 Å². The average molecular weight is 541 g/mol. The van der Waals surface area contributed by atoms with Gasteiger partial charge in [0, 0.05) is 43.4 Å². The van der Waals surface area contributed by atoms with E-state index in [2.05, 4.69) is 90.6 Å². The van der Waals surface area contributed by atoms with Crippen molar-refractivity contribution in [2.75, 3.05) is 37.6 Å². The number of halogens is 1. The van der Waals surface area contributed by atoms with Gasteiger partial charge in [-0.3, -0.25) is 0 Å². The van der Waals surface area contributed by atoms with Crippen molar-refractivity contribution in [2.24, 2.45) is 0 Å². The maximum absolute atomic E-state index is 15.6. The molecule has 0 radical (unpaired) electrons. The molecule has 0 saturated carbocycles. The van der Waals surface area contributed by atoms with Gasteiger partial charge in [-0.25, -0.2) is 0 Å². The third-order valence-corrected chi connectivity index (χ3v) is 8.05. The van der Waals surface area contributed by atoms with E-state index in [1.54, 1.807) is 6.20 Å². The van der Waals surface area contributed by atoms with Gasteiger partial charge < -0.3 is 9.80 Å². The van der Waals surface area contributed by atoms with E-state index in [9.17, 15) is 0 Å². The second kappa shape index (κ2) is 14.9. The zero-order valence-electron chi connectivity index (χ0n) is 25.0. The summed E-state index contributed by atoms with van der Waals surface area (Å²) in [4.78, 5) is 4.94. The quantitative estimate of drug-likeness (QED) is 0.140. The maximum Gasteiger partial charge on any atom is 0.213 e. The summed E-state index contributed by atoms with van der Waals surface area (Å²) in [6, 6.07) is 21.4. The fourth-order valence-corrected chi connectivity index (χ4v) is 5.59. The molecule has 1 heterocycles. The first kappa shape index (κ1) is 29.7. The van der Waals surface area contributed by atoms with Gasteiger partial charge in [0.1, 0.15) is 6.54 Å². The summed E-state index contributed by atoms with van der Waals surface area (Å²) >= 11 is 0. The summed E-state index contributed by atoms with van der Waals surface area (Å²) in [5.41, 5.74) is 4.12. The normalized spacial score (nSPS) is 11.8. The molecule has 0 atom stereocenters. The molecule has 0 unspecified atom stereocenters. The van der Waals surface area contributed by atoms with Crippen LogP contribution in [0.3, 0.4) is 0 Å². The molecule has 0 aliphatic carbocycles. The minimum absolute atomic E-state index is 0.178. The lowest BCUT2D eigenvalue weighted by Crippen LogP contribution is -2.37. The molecule has 0 saturated heterocycles. The maximum atomic E-state index is 15.6. The predicted molar refractivity (Wildman–Crippen MR) is 171 cm³/mol. The monoisotopic (exact) mass is 540 g/mol. The molecule has 0 amide bonds. The van der Waals surface area contributed by atoms with Crippen molar-refractivity contribution >= 4 is 39.5 Å². The SMILES string of the molecule is CCCCN(CCCC)c1ccc2c(/C=C/c3c(F)c[n+](CCCN(CC)CC)c4ccccc34)cccc2c1. The first-order chi connectivity index (χ1) is 19.6. The van der Waals surface area contributed by atoms with Crippen LogP contribution in [0.25, 0.3) is 33.8 Å². The van der Waals surface area contributed by atoms with Gasteiger partial charge in [-0.1, -0.05) is 89.1 Å². The van der Waals surface area contributed by atoms with Crippen LogP contribution in [-0.4, -0.2) is 37.6 Å². The minimum atomic E-state index is -0.178. The van der Waals surface area contributed by atoms with Crippen molar-refractivity contribution in [2.45, 2.75) is 66.3 Å². The molecule has 0 spiro atoms. The Labute approximate surface area is 240 Å². The molecule has 212 valence electrons. The predicted octanol–water partition coefficient (Wildman–Crippen LogP) is 8.73. The number of para-hydroxylation sites is 1. The van der Waals surface area contributed by atoms with Gasteiger partial charge >= 0.3 is 0 Å². The molecule has 0 fully saturated rings. The molecule has 0 bridgehead atoms. The molecular formula is C36H47FN3+. The number of hydrogen-bond acceptors (Lipinski definition) is 2. The summed E-state index contributed by atoms with van der Waals surface area (Å²) in [5.74, 6) is -0.178. The van der Waals surface area contributed by atoms with Gasteiger partial charge in [-0.2, -0.15) is 8.96 Å². The Bertz CT molecular complexity index is 1400. The van der Waals surface area contributed by atoms with Crippen molar-refractivity contribution in [3.8, 4) is 0 Å². The van der Waals surface area contributed by atoms with Gasteiger partial charge in [0.15, 0.2) is 5.82 Å². The zero-order chi connectivity index (χ0) is 28.3. The van der Waals surface area contributed by atoms with Gasteiger partial charge in [0.05, 0.1) is 5.39 Å². The van der Waals surface area contributed by atoms with E-state index in [1.807, 2.05) is 24.3 Å². The van der Waals surface area contributed by atoms with Crippen LogP contribution >= 0.6 is 0 Å². The third-order valence-electron chi connectivity index (χ3n) is 8.05. The first-order valence-corrected chi connectivity index (χ1v) is 15.4. The van der Waals surface area contributed by atoms with E-state index in [0.29, 0.717) is 5.56 Å². The molecule has 3 aromatic carbocycles. The van der Waals surface area contributed by atoms with Crippen molar-refractivity contribution in [1.29, 1.82) is 0 Å². The second-order valence-electron chi connectivity index (χ2n) is 10.8. The number of anilines is 1. The van der Waals surface area contributed by atoms with Crippen molar-refractivity contribution in [1.82, 2.24) is 4.90 Å². The Morgan fingerprint density at radius 2 is 1.50 bits per heavy atom. The zero-order valence-corrected chi connectivity index (χ0v) is 25.0. The molecule has 4 rings (SSSR count). The smallest absolute Gasteiger partial charge is 0.213 e. The number of benzene rings is 3. The first-order valence-electron chi connectivity index (χ1n) is 15.4. The fraction of sp³-hybridized carbons (Fsp3) is 0.417. The van der Waals surface area contributed by atoms with Crippen LogP contribution in [0.1, 0.15) is 70.9 Å². The lowest BCUT2D eigenvalue weighted by atomic mass is 10.0. The number of unbranched alkanes of at least 4 members (excludes halogenated alkanes) is 2. The molecule has 3 nitrogen and oxygen atoms in total. The van der Waals surface area contributed by atoms with Crippen LogP contribution in [0, 0.1) is 5.82 Å². The van der Waals surface area contributed by atoms with E-state index in [0.717, 1.165) is 62.2 Å². The lowest BCUT2D eigenvalue weighted by Gasteiger charge is -2.25. The lowest BCUT2D eigenvalue weighted by molar-refractivity contribution is -0.673. The number of aryl methyl sites for hydroxylation is 1. The highest BCUT2D eigenvalue weighted by molar-refractivity contribution is 5.96. The molecule has 0 N–H and O–H groups in total. The van der Waals surface area contributed by atoms with Gasteiger partial charge in [-0.05, 0) is 60.5 Å². The molecular weight excluding hydrogens is 493 g/mol. The van der Waals surface area contributed by atoms with E-state index >= 15 is 4.39 Å². The number of hydrogen-bond donors (Lipinski definition) is 0. The van der Waals surface area contributed by atoms with Gasteiger partial charge in [-0.15, -0.1) is 0 Å². The number of nitrogens with zero attached hydrogens (tertiary/aromatic N) is 3. The fourth-order valence-electron chi connectivity index (χ4n) is 5.59. The van der Waals surface area contributed by atoms with Crippen molar-refractivity contribution in [3.05, 3.63) is 83.8 Å². The molecule has 0 aliphatic rings. The summed E-state index contributed by atoms with van der Waals surface area (Å²) in [6.07, 6.45) is 11.5. The highest BCUT2D eigenvalue weighted by Gasteiger charge is 2.17. The summed E-state index contributed by atoms with van der Waals surface area (Å²) in [6.45, 7) is 15.0. The van der Waals surface area contributed by atoms with Crippen LogP contribution in [0.2, 0.25) is 0 Å². The third kappa shape index (κ3) is 7.28. The topological polar surface area (TPSA) is 10.4 Å². The van der Waals surface area contributed by atoms with E-state index in [4.69, 9.17) is 0 Å².